The standard InChI is InChI=1S/C12H17N3/c1-2-9-15-10-8-13-12(15)14-11-6-4-3-5-7-11/h3-7H,2,8-10H2,1H3,(H,13,14). The third-order valence-electron chi connectivity index (χ3n) is 2.45. The number of guanidine groups is 1. The van der Waals surface area contributed by atoms with Gasteiger partial charge in [0.15, 0.2) is 5.96 Å². The molecular weight excluding hydrogens is 186 g/mol. The van der Waals surface area contributed by atoms with Gasteiger partial charge in [-0.05, 0) is 18.6 Å². The SMILES string of the molecule is CCCN1CCN=C1Nc1ccccc1. The summed E-state index contributed by atoms with van der Waals surface area (Å²) < 4.78 is 0. The van der Waals surface area contributed by atoms with Crippen molar-refractivity contribution < 1.29 is 0 Å². The summed E-state index contributed by atoms with van der Waals surface area (Å²) in [5.41, 5.74) is 1.11. The maximum Gasteiger partial charge on any atom is 0.198 e. The van der Waals surface area contributed by atoms with E-state index < -0.39 is 0 Å². The molecule has 0 bridgehead atoms. The predicted octanol–water partition coefficient (Wildman–Crippen LogP) is 2.18. The van der Waals surface area contributed by atoms with E-state index >= 15 is 0 Å². The van der Waals surface area contributed by atoms with Gasteiger partial charge >= 0.3 is 0 Å². The minimum Gasteiger partial charge on any atom is -0.341 e. The van der Waals surface area contributed by atoms with Crippen LogP contribution in [0.2, 0.25) is 0 Å². The average molecular weight is 203 g/mol. The predicted molar refractivity (Wildman–Crippen MR) is 64.2 cm³/mol. The van der Waals surface area contributed by atoms with Gasteiger partial charge in [0.05, 0.1) is 6.54 Å². The number of benzene rings is 1. The normalized spacial score (nSPS) is 15.3. The van der Waals surface area contributed by atoms with E-state index in [9.17, 15) is 0 Å². The summed E-state index contributed by atoms with van der Waals surface area (Å²) in [6.07, 6.45) is 1.16. The zero-order chi connectivity index (χ0) is 10.5. The maximum atomic E-state index is 4.46. The van der Waals surface area contributed by atoms with E-state index in [-0.39, 0.29) is 0 Å². The Morgan fingerprint density at radius 1 is 1.33 bits per heavy atom. The topological polar surface area (TPSA) is 27.6 Å². The van der Waals surface area contributed by atoms with Crippen molar-refractivity contribution in [3.05, 3.63) is 30.3 Å². The summed E-state index contributed by atoms with van der Waals surface area (Å²) in [4.78, 5) is 6.76. The highest BCUT2D eigenvalue weighted by molar-refractivity contribution is 5.94. The molecule has 1 N–H and O–H groups in total. The molecule has 0 unspecified atom stereocenters. The van der Waals surface area contributed by atoms with Crippen LogP contribution in [0.1, 0.15) is 13.3 Å². The smallest absolute Gasteiger partial charge is 0.198 e. The zero-order valence-electron chi connectivity index (χ0n) is 9.11. The van der Waals surface area contributed by atoms with Crippen LogP contribution in [0, 0.1) is 0 Å². The quantitative estimate of drug-likeness (QED) is 0.815. The Morgan fingerprint density at radius 3 is 2.87 bits per heavy atom. The largest absolute Gasteiger partial charge is 0.341 e. The Labute approximate surface area is 90.8 Å². The van der Waals surface area contributed by atoms with Crippen molar-refractivity contribution in [2.45, 2.75) is 13.3 Å². The molecule has 1 aliphatic rings. The molecule has 0 saturated heterocycles. The molecule has 0 amide bonds. The number of nitrogens with zero attached hydrogens (tertiary/aromatic N) is 2. The summed E-state index contributed by atoms with van der Waals surface area (Å²) in [5, 5.41) is 3.35. The first-order chi connectivity index (χ1) is 7.40. The lowest BCUT2D eigenvalue weighted by Gasteiger charge is -2.20. The van der Waals surface area contributed by atoms with Gasteiger partial charge in [-0.2, -0.15) is 0 Å². The number of aliphatic imine (C=N–C) groups is 1. The molecule has 80 valence electrons. The first-order valence-corrected chi connectivity index (χ1v) is 5.51. The van der Waals surface area contributed by atoms with Crippen molar-refractivity contribution in [3.8, 4) is 0 Å². The molecular formula is C12H17N3. The monoisotopic (exact) mass is 203 g/mol. The minimum absolute atomic E-state index is 0.912. The van der Waals surface area contributed by atoms with Gasteiger partial charge in [0, 0.05) is 18.8 Å². The minimum atomic E-state index is 0.912. The van der Waals surface area contributed by atoms with E-state index in [1.165, 1.54) is 0 Å². The lowest BCUT2D eigenvalue weighted by molar-refractivity contribution is 0.454. The third-order valence-corrected chi connectivity index (χ3v) is 2.45. The fourth-order valence-corrected chi connectivity index (χ4v) is 1.74. The molecule has 0 radical (unpaired) electrons. The van der Waals surface area contributed by atoms with Crippen molar-refractivity contribution in [1.82, 2.24) is 4.90 Å². The van der Waals surface area contributed by atoms with Gasteiger partial charge < -0.3 is 10.2 Å². The molecule has 3 heteroatoms. The maximum absolute atomic E-state index is 4.46. The molecule has 15 heavy (non-hydrogen) atoms. The molecule has 2 rings (SSSR count). The number of rotatable bonds is 3. The van der Waals surface area contributed by atoms with Crippen molar-refractivity contribution in [1.29, 1.82) is 0 Å². The van der Waals surface area contributed by atoms with E-state index in [4.69, 9.17) is 0 Å². The fourth-order valence-electron chi connectivity index (χ4n) is 1.74. The van der Waals surface area contributed by atoms with Gasteiger partial charge in [0.1, 0.15) is 0 Å². The van der Waals surface area contributed by atoms with Gasteiger partial charge in [-0.15, -0.1) is 0 Å². The van der Waals surface area contributed by atoms with Crippen molar-refractivity contribution >= 4 is 11.6 Å². The molecule has 1 heterocycles. The summed E-state index contributed by atoms with van der Waals surface area (Å²) in [6.45, 7) is 5.23. The molecule has 0 aliphatic carbocycles. The first-order valence-electron chi connectivity index (χ1n) is 5.51. The Morgan fingerprint density at radius 2 is 2.13 bits per heavy atom. The number of para-hydroxylation sites is 1. The van der Waals surface area contributed by atoms with Crippen molar-refractivity contribution in [2.75, 3.05) is 25.0 Å². The van der Waals surface area contributed by atoms with Gasteiger partial charge in [-0.25, -0.2) is 0 Å². The molecule has 0 fully saturated rings. The fraction of sp³-hybridized carbons (Fsp3) is 0.417. The molecule has 0 saturated carbocycles. The molecule has 0 atom stereocenters. The summed E-state index contributed by atoms with van der Waals surface area (Å²) in [7, 11) is 0. The third kappa shape index (κ3) is 2.49. The Balaban J connectivity index is 2.00. The van der Waals surface area contributed by atoms with Gasteiger partial charge in [-0.1, -0.05) is 25.1 Å². The summed E-state index contributed by atoms with van der Waals surface area (Å²) in [6, 6.07) is 10.2. The highest BCUT2D eigenvalue weighted by Gasteiger charge is 2.15. The Kier molecular flexibility index (Phi) is 3.22. The van der Waals surface area contributed by atoms with E-state index in [1.54, 1.807) is 0 Å². The van der Waals surface area contributed by atoms with Gasteiger partial charge in [-0.3, -0.25) is 4.99 Å². The van der Waals surface area contributed by atoms with Crippen LogP contribution in [0.3, 0.4) is 0 Å². The van der Waals surface area contributed by atoms with Crippen LogP contribution in [-0.2, 0) is 0 Å². The van der Waals surface area contributed by atoms with Crippen LogP contribution < -0.4 is 5.32 Å². The Hall–Kier alpha value is -1.51. The molecule has 1 aromatic carbocycles. The molecule has 0 spiro atoms. The molecule has 3 nitrogen and oxygen atoms in total. The number of anilines is 1. The summed E-state index contributed by atoms with van der Waals surface area (Å²) in [5.74, 6) is 1.02. The second-order valence-electron chi connectivity index (χ2n) is 3.68. The van der Waals surface area contributed by atoms with Crippen LogP contribution in [0.25, 0.3) is 0 Å². The second kappa shape index (κ2) is 4.82. The van der Waals surface area contributed by atoms with Gasteiger partial charge in [0.2, 0.25) is 0 Å². The highest BCUT2D eigenvalue weighted by atomic mass is 15.3. The first kappa shape index (κ1) is 10.0. The molecule has 0 aromatic heterocycles. The van der Waals surface area contributed by atoms with Crippen molar-refractivity contribution in [3.63, 3.8) is 0 Å². The van der Waals surface area contributed by atoms with Crippen LogP contribution in [0.5, 0.6) is 0 Å². The lowest BCUT2D eigenvalue weighted by Crippen LogP contribution is -2.33. The van der Waals surface area contributed by atoms with E-state index in [0.29, 0.717) is 0 Å². The van der Waals surface area contributed by atoms with E-state index in [0.717, 1.165) is 37.7 Å². The number of nitrogens with one attached hydrogen (secondary N) is 1. The number of hydrogen-bond donors (Lipinski definition) is 1. The number of hydrogen-bond acceptors (Lipinski definition) is 3. The molecule has 1 aromatic rings. The lowest BCUT2D eigenvalue weighted by atomic mass is 10.3. The van der Waals surface area contributed by atoms with Crippen LogP contribution >= 0.6 is 0 Å². The second-order valence-corrected chi connectivity index (χ2v) is 3.68. The van der Waals surface area contributed by atoms with Crippen LogP contribution in [0.4, 0.5) is 5.69 Å². The average Bonchev–Trinajstić information content (AvgIpc) is 2.68. The van der Waals surface area contributed by atoms with E-state index in [2.05, 4.69) is 34.3 Å². The highest BCUT2D eigenvalue weighted by Crippen LogP contribution is 2.09. The Bertz CT molecular complexity index is 332. The van der Waals surface area contributed by atoms with Gasteiger partial charge in [0.25, 0.3) is 0 Å². The zero-order valence-corrected chi connectivity index (χ0v) is 9.11. The molecule has 1 aliphatic heterocycles. The van der Waals surface area contributed by atoms with Crippen LogP contribution in [0.15, 0.2) is 35.3 Å². The van der Waals surface area contributed by atoms with Crippen LogP contribution in [-0.4, -0.2) is 30.5 Å². The van der Waals surface area contributed by atoms with E-state index in [1.807, 2.05) is 18.2 Å². The van der Waals surface area contributed by atoms with Crippen molar-refractivity contribution in [2.24, 2.45) is 4.99 Å². The summed E-state index contributed by atoms with van der Waals surface area (Å²) >= 11 is 0.